The molecule has 12 heteroatoms. The molecule has 0 aliphatic carbocycles. The molecule has 2 aromatic carbocycles. The molecule has 0 bridgehead atoms. The van der Waals surface area contributed by atoms with Gasteiger partial charge in [-0.15, -0.1) is 0 Å². The van der Waals surface area contributed by atoms with Gasteiger partial charge >= 0.3 is 0 Å². The summed E-state index contributed by atoms with van der Waals surface area (Å²) in [6.45, 7) is 2.67. The molecule has 0 spiro atoms. The second-order valence-corrected chi connectivity index (χ2v) is 9.60. The highest BCUT2D eigenvalue weighted by Crippen LogP contribution is 2.38. The fourth-order valence-corrected chi connectivity index (χ4v) is 5.01. The molecule has 1 fully saturated rings. The predicted octanol–water partition coefficient (Wildman–Crippen LogP) is 2.96. The van der Waals surface area contributed by atoms with Crippen molar-refractivity contribution in [1.82, 2.24) is 9.69 Å². The van der Waals surface area contributed by atoms with Crippen LogP contribution in [0.1, 0.15) is 50.2 Å². The maximum atomic E-state index is 14.2. The number of nitrogens with zero attached hydrogens (tertiary/aromatic N) is 2. The minimum atomic E-state index is -1.27. The van der Waals surface area contributed by atoms with Crippen LogP contribution in [0.2, 0.25) is 0 Å². The molecule has 38 heavy (non-hydrogen) atoms. The lowest BCUT2D eigenvalue weighted by Crippen LogP contribution is -2.45. The van der Waals surface area contributed by atoms with Crippen LogP contribution < -0.4 is 26.4 Å². The summed E-state index contributed by atoms with van der Waals surface area (Å²) in [7, 11) is 1.44. The van der Waals surface area contributed by atoms with Crippen LogP contribution >= 0.6 is 11.5 Å². The summed E-state index contributed by atoms with van der Waals surface area (Å²) >= 11 is 0.694. The zero-order chi connectivity index (χ0) is 27.4. The summed E-state index contributed by atoms with van der Waals surface area (Å²) < 4.78 is 29.0. The number of aromatic nitrogens is 1. The first-order valence-corrected chi connectivity index (χ1v) is 12.7. The quantitative estimate of drug-likeness (QED) is 0.377. The van der Waals surface area contributed by atoms with Crippen LogP contribution in [0.15, 0.2) is 42.5 Å². The van der Waals surface area contributed by atoms with E-state index >= 15 is 0 Å². The Kier molecular flexibility index (Phi) is 8.23. The number of rotatable bonds is 9. The lowest BCUT2D eigenvalue weighted by atomic mass is 10.0. The minimum absolute atomic E-state index is 0.0820. The Labute approximate surface area is 222 Å². The highest BCUT2D eigenvalue weighted by molar-refractivity contribution is 7.09. The summed E-state index contributed by atoms with van der Waals surface area (Å²) in [4.78, 5) is 40.9. The van der Waals surface area contributed by atoms with Crippen LogP contribution in [0.3, 0.4) is 0 Å². The third-order valence-electron chi connectivity index (χ3n) is 6.19. The number of ether oxygens (including phenoxy) is 2. The van der Waals surface area contributed by atoms with Crippen molar-refractivity contribution in [3.63, 3.8) is 0 Å². The largest absolute Gasteiger partial charge is 0.495 e. The number of amides is 3. The number of anilines is 2. The van der Waals surface area contributed by atoms with E-state index in [0.717, 1.165) is 18.4 Å². The highest BCUT2D eigenvalue weighted by Gasteiger charge is 2.37. The van der Waals surface area contributed by atoms with Gasteiger partial charge in [-0.1, -0.05) is 18.2 Å². The highest BCUT2D eigenvalue weighted by atomic mass is 32.1. The molecule has 3 amide bonds. The van der Waals surface area contributed by atoms with Gasteiger partial charge in [0.1, 0.15) is 22.5 Å². The number of primary amides is 1. The van der Waals surface area contributed by atoms with Crippen LogP contribution in [-0.2, 0) is 9.53 Å². The number of carbonyl (C=O) groups is 3. The second kappa shape index (κ2) is 11.6. The first-order valence-electron chi connectivity index (χ1n) is 11.9. The Morgan fingerprint density at radius 3 is 2.61 bits per heavy atom. The van der Waals surface area contributed by atoms with Crippen molar-refractivity contribution < 1.29 is 28.2 Å². The van der Waals surface area contributed by atoms with Gasteiger partial charge in [-0.3, -0.25) is 19.3 Å². The zero-order valence-corrected chi connectivity index (χ0v) is 21.7. The van der Waals surface area contributed by atoms with Crippen molar-refractivity contribution in [3.05, 3.63) is 70.0 Å². The van der Waals surface area contributed by atoms with Crippen molar-refractivity contribution >= 4 is 40.6 Å². The summed E-state index contributed by atoms with van der Waals surface area (Å²) in [5, 5.41) is 2.87. The van der Waals surface area contributed by atoms with Gasteiger partial charge in [0.15, 0.2) is 5.69 Å². The summed E-state index contributed by atoms with van der Waals surface area (Å²) in [6.07, 6.45) is 1.53. The Balaban J connectivity index is 1.87. The molecule has 2 heterocycles. The molecule has 2 unspecified atom stereocenters. The topological polar surface area (TPSA) is 150 Å². The van der Waals surface area contributed by atoms with E-state index in [1.165, 1.54) is 36.3 Å². The fraction of sp³-hybridized carbons (Fsp3) is 0.308. The molecule has 0 radical (unpaired) electrons. The summed E-state index contributed by atoms with van der Waals surface area (Å²) in [6, 6.07) is 9.16. The van der Waals surface area contributed by atoms with Gasteiger partial charge in [0, 0.05) is 13.2 Å². The number of hydrogen-bond donors (Lipinski definition) is 3. The van der Waals surface area contributed by atoms with Crippen LogP contribution in [0, 0.1) is 12.7 Å². The van der Waals surface area contributed by atoms with Crippen LogP contribution in [-0.4, -0.2) is 48.5 Å². The first kappa shape index (κ1) is 27.0. The van der Waals surface area contributed by atoms with Crippen LogP contribution in [0.5, 0.6) is 5.75 Å². The Morgan fingerprint density at radius 1 is 1.26 bits per heavy atom. The molecule has 5 N–H and O–H groups in total. The Hall–Kier alpha value is -4.03. The van der Waals surface area contributed by atoms with E-state index in [0.29, 0.717) is 29.5 Å². The number of methoxy groups -OCH3 is 1. The minimum Gasteiger partial charge on any atom is -0.495 e. The SMILES string of the molecule is COc1ccc(C)cc1N(C(=O)c1snc(C(N)=O)c1N)C(C(=O)NCC1CCCO1)c1ccc(F)cc1. The molecular formula is C26H28FN5O5S. The molecular weight excluding hydrogens is 513 g/mol. The predicted molar refractivity (Wildman–Crippen MR) is 141 cm³/mol. The number of aryl methyl sites for hydroxylation is 1. The third kappa shape index (κ3) is 5.60. The van der Waals surface area contributed by atoms with Crippen molar-refractivity contribution in [3.8, 4) is 5.75 Å². The average molecular weight is 542 g/mol. The number of nitrogens with one attached hydrogen (secondary N) is 1. The molecule has 3 aromatic rings. The van der Waals surface area contributed by atoms with Gasteiger partial charge in [-0.2, -0.15) is 4.37 Å². The molecule has 0 saturated carbocycles. The van der Waals surface area contributed by atoms with E-state index in [2.05, 4.69) is 9.69 Å². The van der Waals surface area contributed by atoms with Crippen molar-refractivity contribution in [1.29, 1.82) is 0 Å². The number of carbonyl (C=O) groups excluding carboxylic acids is 3. The Bertz CT molecular complexity index is 1340. The van der Waals surface area contributed by atoms with E-state index in [9.17, 15) is 18.8 Å². The maximum absolute atomic E-state index is 14.2. The molecule has 200 valence electrons. The van der Waals surface area contributed by atoms with Gasteiger partial charge in [-0.05, 0) is 66.7 Å². The smallest absolute Gasteiger partial charge is 0.273 e. The van der Waals surface area contributed by atoms with Gasteiger partial charge in [0.2, 0.25) is 5.91 Å². The lowest BCUT2D eigenvalue weighted by molar-refractivity contribution is -0.123. The average Bonchev–Trinajstić information content (AvgIpc) is 3.56. The fourth-order valence-electron chi connectivity index (χ4n) is 4.27. The van der Waals surface area contributed by atoms with Gasteiger partial charge in [0.05, 0.1) is 24.6 Å². The van der Waals surface area contributed by atoms with E-state index in [4.69, 9.17) is 20.9 Å². The first-order chi connectivity index (χ1) is 18.2. The number of nitrogens with two attached hydrogens (primary N) is 2. The molecule has 1 aliphatic heterocycles. The summed E-state index contributed by atoms with van der Waals surface area (Å²) in [5.41, 5.74) is 12.4. The summed E-state index contributed by atoms with van der Waals surface area (Å²) in [5.74, 6) is -2.32. The molecule has 2 atom stereocenters. The molecule has 4 rings (SSSR count). The molecule has 1 aliphatic rings. The zero-order valence-electron chi connectivity index (χ0n) is 20.9. The monoisotopic (exact) mass is 541 g/mol. The molecule has 1 aromatic heterocycles. The van der Waals surface area contributed by atoms with Crippen molar-refractivity contribution in [2.45, 2.75) is 31.9 Å². The number of nitrogen functional groups attached to an aromatic ring is 1. The molecule has 1 saturated heterocycles. The van der Waals surface area contributed by atoms with Crippen molar-refractivity contribution in [2.24, 2.45) is 5.73 Å². The number of benzene rings is 2. The normalized spacial score (nSPS) is 15.6. The standard InChI is InChI=1S/C26H28FN5O5S/c1-14-5-10-19(36-2)18(12-14)32(26(35)23-20(28)21(24(29)33)31-38-23)22(15-6-8-16(27)9-7-15)25(34)30-13-17-4-3-11-37-17/h5-10,12,17,22H,3-4,11,13,28H2,1-2H3,(H2,29,33)(H,30,34). The molecule has 10 nitrogen and oxygen atoms in total. The second-order valence-electron chi connectivity index (χ2n) is 8.82. The lowest BCUT2D eigenvalue weighted by Gasteiger charge is -2.32. The van der Waals surface area contributed by atoms with Gasteiger partial charge < -0.3 is 26.3 Å². The third-order valence-corrected chi connectivity index (χ3v) is 7.04. The Morgan fingerprint density at radius 2 is 2.00 bits per heavy atom. The van der Waals surface area contributed by atoms with E-state index < -0.39 is 29.6 Å². The number of hydrogen-bond acceptors (Lipinski definition) is 8. The van der Waals surface area contributed by atoms with Crippen LogP contribution in [0.25, 0.3) is 0 Å². The van der Waals surface area contributed by atoms with E-state index in [1.807, 2.05) is 6.92 Å². The van der Waals surface area contributed by atoms with Crippen LogP contribution in [0.4, 0.5) is 15.8 Å². The maximum Gasteiger partial charge on any atom is 0.273 e. The number of halogens is 1. The van der Waals surface area contributed by atoms with Gasteiger partial charge in [0.25, 0.3) is 11.8 Å². The van der Waals surface area contributed by atoms with Crippen molar-refractivity contribution in [2.75, 3.05) is 30.9 Å². The van der Waals surface area contributed by atoms with Gasteiger partial charge in [-0.25, -0.2) is 4.39 Å². The van der Waals surface area contributed by atoms with E-state index in [-0.39, 0.29) is 34.6 Å². The van der Waals surface area contributed by atoms with E-state index in [1.54, 1.807) is 18.2 Å².